The lowest BCUT2D eigenvalue weighted by Crippen LogP contribution is -2.34. The molecule has 0 amide bonds. The van der Waals surface area contributed by atoms with Crippen molar-refractivity contribution in [3.05, 3.63) is 0 Å². The highest BCUT2D eigenvalue weighted by Gasteiger charge is 2.23. The Labute approximate surface area is 68.1 Å². The summed E-state index contributed by atoms with van der Waals surface area (Å²) in [6.45, 7) is -0.714. The second-order valence-electron chi connectivity index (χ2n) is 2.37. The zero-order chi connectivity index (χ0) is 9.72. The molecule has 0 rings (SSSR count). The first kappa shape index (κ1) is 11.4. The second-order valence-corrected chi connectivity index (χ2v) is 2.37. The third-order valence-electron chi connectivity index (χ3n) is 1.36. The van der Waals surface area contributed by atoms with Crippen molar-refractivity contribution >= 4 is 6.04 Å². The summed E-state index contributed by atoms with van der Waals surface area (Å²) in [5, 5.41) is 34.4. The number of halogens is 1. The van der Waals surface area contributed by atoms with Gasteiger partial charge in [-0.1, -0.05) is 0 Å². The van der Waals surface area contributed by atoms with E-state index < -0.39 is 37.4 Å². The van der Waals surface area contributed by atoms with Gasteiger partial charge in [0.1, 0.15) is 12.2 Å². The molecule has 0 bridgehead atoms. The van der Waals surface area contributed by atoms with E-state index in [-0.39, 0.29) is 0 Å². The zero-order valence-electron chi connectivity index (χ0n) is 6.22. The Bertz CT molecular complexity index is 151. The normalized spacial score (nSPS) is 18.4. The predicted molar refractivity (Wildman–Crippen MR) is 35.8 cm³/mol. The highest BCUT2D eigenvalue weighted by Crippen LogP contribution is 2.04. The molecule has 0 aromatic carbocycles. The van der Waals surface area contributed by atoms with Gasteiger partial charge >= 0.3 is 6.04 Å². The highest BCUT2D eigenvalue weighted by molar-refractivity contribution is 5.72. The molecular formula is C6H11FO5. The van der Waals surface area contributed by atoms with Crippen molar-refractivity contribution in [2.45, 2.75) is 24.7 Å². The van der Waals surface area contributed by atoms with Gasteiger partial charge in [0.25, 0.3) is 0 Å². The van der Waals surface area contributed by atoms with Gasteiger partial charge in [0.2, 0.25) is 0 Å². The van der Waals surface area contributed by atoms with Crippen LogP contribution in [0.5, 0.6) is 0 Å². The van der Waals surface area contributed by atoms with Crippen molar-refractivity contribution in [1.29, 1.82) is 0 Å². The zero-order valence-corrected chi connectivity index (χ0v) is 6.22. The Kier molecular flexibility index (Phi) is 4.91. The van der Waals surface area contributed by atoms with Crippen LogP contribution in [0.2, 0.25) is 0 Å². The minimum absolute atomic E-state index is 0.628. The summed E-state index contributed by atoms with van der Waals surface area (Å²) in [4.78, 5) is 9.82. The SMILES string of the molecule is O=C(F)[C@H](O)C[C@@H](O)[C@H](O)CO. The maximum Gasteiger partial charge on any atom is 0.329 e. The van der Waals surface area contributed by atoms with E-state index in [0.717, 1.165) is 0 Å². The minimum Gasteiger partial charge on any atom is -0.394 e. The van der Waals surface area contributed by atoms with Crippen LogP contribution in [-0.2, 0) is 4.79 Å². The third-order valence-corrected chi connectivity index (χ3v) is 1.36. The molecule has 5 nitrogen and oxygen atoms in total. The average Bonchev–Trinajstić information content (AvgIpc) is 2.02. The van der Waals surface area contributed by atoms with Crippen LogP contribution in [0, 0.1) is 0 Å². The Morgan fingerprint density at radius 1 is 1.25 bits per heavy atom. The Morgan fingerprint density at radius 3 is 2.08 bits per heavy atom. The van der Waals surface area contributed by atoms with Gasteiger partial charge in [-0.05, 0) is 0 Å². The minimum atomic E-state index is -1.97. The van der Waals surface area contributed by atoms with Crippen LogP contribution >= 0.6 is 0 Å². The fourth-order valence-electron chi connectivity index (χ4n) is 0.600. The first-order valence-electron chi connectivity index (χ1n) is 3.33. The molecule has 0 spiro atoms. The van der Waals surface area contributed by atoms with Crippen molar-refractivity contribution in [2.75, 3.05) is 6.61 Å². The topological polar surface area (TPSA) is 98.0 Å². The van der Waals surface area contributed by atoms with Crippen LogP contribution in [0.15, 0.2) is 0 Å². The van der Waals surface area contributed by atoms with Gasteiger partial charge in [-0.3, -0.25) is 4.79 Å². The van der Waals surface area contributed by atoms with Crippen LogP contribution in [0.3, 0.4) is 0 Å². The maximum absolute atomic E-state index is 11.7. The Balaban J connectivity index is 3.83. The number of aliphatic hydroxyl groups is 4. The van der Waals surface area contributed by atoms with E-state index in [9.17, 15) is 9.18 Å². The molecule has 0 saturated carbocycles. The summed E-state index contributed by atoms with van der Waals surface area (Å²) in [7, 11) is 0. The Morgan fingerprint density at radius 2 is 1.75 bits per heavy atom. The van der Waals surface area contributed by atoms with Crippen LogP contribution in [-0.4, -0.2) is 51.4 Å². The third kappa shape index (κ3) is 3.72. The average molecular weight is 182 g/mol. The fraction of sp³-hybridized carbons (Fsp3) is 0.833. The summed E-state index contributed by atoms with van der Waals surface area (Å²) in [6, 6.07) is -1.97. The second kappa shape index (κ2) is 5.15. The summed E-state index contributed by atoms with van der Waals surface area (Å²) >= 11 is 0. The quantitative estimate of drug-likeness (QED) is 0.367. The van der Waals surface area contributed by atoms with E-state index in [4.69, 9.17) is 20.4 Å². The number of hydrogen-bond donors (Lipinski definition) is 4. The van der Waals surface area contributed by atoms with Gasteiger partial charge in [-0.25, -0.2) is 0 Å². The van der Waals surface area contributed by atoms with E-state index in [1.165, 1.54) is 0 Å². The Hall–Kier alpha value is -0.560. The number of carbonyl (C=O) groups excluding carboxylic acids is 1. The molecule has 0 aromatic rings. The molecule has 0 aromatic heterocycles. The molecule has 0 unspecified atom stereocenters. The highest BCUT2D eigenvalue weighted by atomic mass is 19.1. The van der Waals surface area contributed by atoms with Gasteiger partial charge in [-0.2, -0.15) is 4.39 Å². The van der Waals surface area contributed by atoms with E-state index in [2.05, 4.69) is 0 Å². The van der Waals surface area contributed by atoms with Gasteiger partial charge in [0.15, 0.2) is 0 Å². The van der Waals surface area contributed by atoms with Crippen LogP contribution < -0.4 is 0 Å². The summed E-state index contributed by atoms with van der Waals surface area (Å²) in [5.41, 5.74) is 0. The van der Waals surface area contributed by atoms with E-state index in [0.29, 0.717) is 0 Å². The summed E-state index contributed by atoms with van der Waals surface area (Å²) in [5.74, 6) is 0. The van der Waals surface area contributed by atoms with Gasteiger partial charge in [0, 0.05) is 6.42 Å². The summed E-state index contributed by atoms with van der Waals surface area (Å²) in [6.07, 6.45) is -5.55. The van der Waals surface area contributed by atoms with Crippen molar-refractivity contribution in [2.24, 2.45) is 0 Å². The van der Waals surface area contributed by atoms with Gasteiger partial charge in [0.05, 0.1) is 12.7 Å². The number of hydrogen-bond acceptors (Lipinski definition) is 5. The maximum atomic E-state index is 11.7. The lowest BCUT2D eigenvalue weighted by molar-refractivity contribution is -0.141. The molecular weight excluding hydrogens is 171 g/mol. The molecule has 0 aliphatic rings. The van der Waals surface area contributed by atoms with E-state index in [1.54, 1.807) is 0 Å². The lowest BCUT2D eigenvalue weighted by atomic mass is 10.1. The largest absolute Gasteiger partial charge is 0.394 e. The number of aliphatic hydroxyl groups excluding tert-OH is 4. The molecule has 0 saturated heterocycles. The molecule has 72 valence electrons. The lowest BCUT2D eigenvalue weighted by Gasteiger charge is -2.16. The molecule has 0 radical (unpaired) electrons. The number of carbonyl (C=O) groups is 1. The fourth-order valence-corrected chi connectivity index (χ4v) is 0.600. The van der Waals surface area contributed by atoms with Crippen LogP contribution in [0.1, 0.15) is 6.42 Å². The van der Waals surface area contributed by atoms with Crippen molar-refractivity contribution in [3.63, 3.8) is 0 Å². The van der Waals surface area contributed by atoms with E-state index >= 15 is 0 Å². The molecule has 0 heterocycles. The molecule has 6 heteroatoms. The van der Waals surface area contributed by atoms with Crippen molar-refractivity contribution < 1.29 is 29.6 Å². The number of rotatable bonds is 5. The van der Waals surface area contributed by atoms with Gasteiger partial charge in [-0.15, -0.1) is 0 Å². The standard InChI is InChI=1S/C6H11FO5/c7-6(12)4(10)1-3(9)5(11)2-8/h3-5,8-11H,1-2H2/t3-,4-,5-/m1/s1. The first-order valence-corrected chi connectivity index (χ1v) is 3.33. The molecule has 0 fully saturated rings. The van der Waals surface area contributed by atoms with Crippen LogP contribution in [0.4, 0.5) is 4.39 Å². The van der Waals surface area contributed by atoms with E-state index in [1.807, 2.05) is 0 Å². The molecule has 3 atom stereocenters. The predicted octanol–water partition coefficient (Wildman–Crippen LogP) is -2.05. The molecule has 12 heavy (non-hydrogen) atoms. The molecule has 0 aliphatic carbocycles. The molecule has 4 N–H and O–H groups in total. The van der Waals surface area contributed by atoms with Crippen molar-refractivity contribution in [3.8, 4) is 0 Å². The molecule has 0 aliphatic heterocycles. The smallest absolute Gasteiger partial charge is 0.329 e. The van der Waals surface area contributed by atoms with Crippen molar-refractivity contribution in [1.82, 2.24) is 0 Å². The summed E-state index contributed by atoms with van der Waals surface area (Å²) < 4.78 is 11.7. The van der Waals surface area contributed by atoms with Crippen LogP contribution in [0.25, 0.3) is 0 Å². The monoisotopic (exact) mass is 182 g/mol. The first-order chi connectivity index (χ1) is 5.49. The van der Waals surface area contributed by atoms with Gasteiger partial charge < -0.3 is 20.4 Å².